The molecule has 0 aromatic heterocycles. The van der Waals surface area contributed by atoms with Crippen molar-refractivity contribution in [3.05, 3.63) is 71.3 Å². The summed E-state index contributed by atoms with van der Waals surface area (Å²) in [5.41, 5.74) is 2.44. The molecule has 2 unspecified atom stereocenters. The maximum Gasteiger partial charge on any atom is 0.337 e. The Kier molecular flexibility index (Phi) is 5.95. The van der Waals surface area contributed by atoms with Gasteiger partial charge in [0.05, 0.1) is 18.6 Å². The minimum absolute atomic E-state index is 0.00193. The van der Waals surface area contributed by atoms with Crippen LogP contribution in [0.25, 0.3) is 0 Å². The number of rotatable bonds is 6. The van der Waals surface area contributed by atoms with Gasteiger partial charge in [-0.15, -0.1) is 0 Å². The SMILES string of the molecule is COC(=O)c1ccc(CC(C(=O)OC2CN3CCC2CC3)c2ccccc2)cc1. The van der Waals surface area contributed by atoms with Crippen molar-refractivity contribution < 1.29 is 19.1 Å². The normalized spacial score (nSPS) is 24.0. The van der Waals surface area contributed by atoms with Crippen LogP contribution in [0.5, 0.6) is 0 Å². The van der Waals surface area contributed by atoms with E-state index in [1.165, 1.54) is 7.11 Å². The minimum atomic E-state index is -0.365. The molecule has 2 atom stereocenters. The Hall–Kier alpha value is -2.66. The summed E-state index contributed by atoms with van der Waals surface area (Å²) in [4.78, 5) is 27.2. The smallest absolute Gasteiger partial charge is 0.337 e. The van der Waals surface area contributed by atoms with Gasteiger partial charge in [0.2, 0.25) is 0 Å². The Morgan fingerprint density at radius 1 is 1.03 bits per heavy atom. The molecule has 3 heterocycles. The zero-order valence-corrected chi connectivity index (χ0v) is 16.8. The molecular weight excluding hydrogens is 366 g/mol. The Morgan fingerprint density at radius 2 is 1.72 bits per heavy atom. The molecule has 0 N–H and O–H groups in total. The Balaban J connectivity index is 1.51. The molecular formula is C24H27NO4. The number of methoxy groups -OCH3 is 1. The van der Waals surface area contributed by atoms with Gasteiger partial charge in [0.15, 0.2) is 0 Å². The molecule has 0 radical (unpaired) electrons. The molecule has 5 nitrogen and oxygen atoms in total. The van der Waals surface area contributed by atoms with Crippen molar-refractivity contribution >= 4 is 11.9 Å². The minimum Gasteiger partial charge on any atom is -0.465 e. The lowest BCUT2D eigenvalue weighted by atomic mass is 9.85. The molecule has 3 fully saturated rings. The third-order valence-electron chi connectivity index (χ3n) is 6.17. The third kappa shape index (κ3) is 4.51. The van der Waals surface area contributed by atoms with Gasteiger partial charge in [-0.25, -0.2) is 4.79 Å². The lowest BCUT2D eigenvalue weighted by Gasteiger charge is -2.44. The molecule has 3 saturated heterocycles. The fraction of sp³-hybridized carbons (Fsp3) is 0.417. The molecule has 5 rings (SSSR count). The molecule has 3 aliphatic rings. The lowest BCUT2D eigenvalue weighted by molar-refractivity contribution is -0.160. The second-order valence-corrected chi connectivity index (χ2v) is 7.97. The van der Waals surface area contributed by atoms with E-state index in [1.807, 2.05) is 42.5 Å². The summed E-state index contributed by atoms with van der Waals surface area (Å²) in [7, 11) is 1.37. The fourth-order valence-electron chi connectivity index (χ4n) is 4.43. The number of ether oxygens (including phenoxy) is 2. The summed E-state index contributed by atoms with van der Waals surface area (Å²) in [6, 6.07) is 17.0. The van der Waals surface area contributed by atoms with E-state index in [9.17, 15) is 9.59 Å². The Bertz CT molecular complexity index is 841. The van der Waals surface area contributed by atoms with E-state index in [0.29, 0.717) is 17.9 Å². The van der Waals surface area contributed by atoms with E-state index >= 15 is 0 Å². The van der Waals surface area contributed by atoms with E-state index in [2.05, 4.69) is 4.90 Å². The summed E-state index contributed by atoms with van der Waals surface area (Å²) in [5, 5.41) is 0. The Labute approximate surface area is 171 Å². The topological polar surface area (TPSA) is 55.8 Å². The molecule has 0 amide bonds. The number of fused-ring (bicyclic) bond motifs is 3. The molecule has 0 spiro atoms. The van der Waals surface area contributed by atoms with Crippen molar-refractivity contribution in [2.24, 2.45) is 5.92 Å². The lowest BCUT2D eigenvalue weighted by Crippen LogP contribution is -2.52. The molecule has 29 heavy (non-hydrogen) atoms. The highest BCUT2D eigenvalue weighted by atomic mass is 16.5. The van der Waals surface area contributed by atoms with Crippen LogP contribution >= 0.6 is 0 Å². The van der Waals surface area contributed by atoms with Gasteiger partial charge in [-0.3, -0.25) is 9.69 Å². The quantitative estimate of drug-likeness (QED) is 0.704. The summed E-state index contributed by atoms with van der Waals surface area (Å²) in [6.45, 7) is 3.09. The van der Waals surface area contributed by atoms with Gasteiger partial charge >= 0.3 is 11.9 Å². The predicted molar refractivity (Wildman–Crippen MR) is 110 cm³/mol. The molecule has 2 aromatic rings. The molecule has 3 aliphatic heterocycles. The van der Waals surface area contributed by atoms with Crippen molar-refractivity contribution in [1.29, 1.82) is 0 Å². The number of carbonyl (C=O) groups is 2. The predicted octanol–water partition coefficient (Wildman–Crippen LogP) is 3.44. The maximum absolute atomic E-state index is 13.2. The maximum atomic E-state index is 13.2. The van der Waals surface area contributed by atoms with E-state index in [4.69, 9.17) is 9.47 Å². The van der Waals surface area contributed by atoms with Gasteiger partial charge in [-0.05, 0) is 61.5 Å². The number of hydrogen-bond donors (Lipinski definition) is 0. The summed E-state index contributed by atoms with van der Waals surface area (Å²) in [6.07, 6.45) is 2.76. The second kappa shape index (κ2) is 8.78. The van der Waals surface area contributed by atoms with Gasteiger partial charge in [0.25, 0.3) is 0 Å². The number of carbonyl (C=O) groups excluding carboxylic acids is 2. The van der Waals surface area contributed by atoms with Crippen LogP contribution < -0.4 is 0 Å². The first-order valence-electron chi connectivity index (χ1n) is 10.3. The summed E-state index contributed by atoms with van der Waals surface area (Å²) in [5.74, 6) is -0.403. The van der Waals surface area contributed by atoms with Crippen molar-refractivity contribution in [3.8, 4) is 0 Å². The van der Waals surface area contributed by atoms with Crippen LogP contribution in [0.3, 0.4) is 0 Å². The van der Waals surface area contributed by atoms with E-state index < -0.39 is 0 Å². The number of piperidine rings is 3. The summed E-state index contributed by atoms with van der Waals surface area (Å²) < 4.78 is 10.8. The van der Waals surface area contributed by atoms with Crippen LogP contribution in [-0.4, -0.2) is 49.7 Å². The van der Waals surface area contributed by atoms with Gasteiger partial charge in [-0.2, -0.15) is 0 Å². The molecule has 2 aromatic carbocycles. The molecule has 152 valence electrons. The van der Waals surface area contributed by atoms with Crippen molar-refractivity contribution in [2.45, 2.75) is 31.3 Å². The molecule has 5 heteroatoms. The first kappa shape index (κ1) is 19.6. The molecule has 0 aliphatic carbocycles. The van der Waals surface area contributed by atoms with E-state index in [1.54, 1.807) is 12.1 Å². The van der Waals surface area contributed by atoms with E-state index in [0.717, 1.165) is 43.6 Å². The number of esters is 2. The largest absolute Gasteiger partial charge is 0.465 e. The van der Waals surface area contributed by atoms with Crippen LogP contribution in [0.1, 0.15) is 40.2 Å². The van der Waals surface area contributed by atoms with Crippen molar-refractivity contribution in [2.75, 3.05) is 26.7 Å². The average molecular weight is 393 g/mol. The summed E-state index contributed by atoms with van der Waals surface area (Å²) >= 11 is 0. The molecule has 0 saturated carbocycles. The van der Waals surface area contributed by atoms with Gasteiger partial charge in [0.1, 0.15) is 6.10 Å². The van der Waals surface area contributed by atoms with Crippen LogP contribution in [0.4, 0.5) is 0 Å². The Morgan fingerprint density at radius 3 is 2.31 bits per heavy atom. The number of hydrogen-bond acceptors (Lipinski definition) is 5. The van der Waals surface area contributed by atoms with Gasteiger partial charge < -0.3 is 9.47 Å². The average Bonchev–Trinajstić information content (AvgIpc) is 2.78. The number of benzene rings is 2. The van der Waals surface area contributed by atoms with Crippen molar-refractivity contribution in [1.82, 2.24) is 4.90 Å². The fourth-order valence-corrected chi connectivity index (χ4v) is 4.43. The standard InChI is InChI=1S/C24H27NO4/c1-28-23(26)20-9-7-17(8-10-20)15-21(18-5-3-2-4-6-18)24(27)29-22-16-25-13-11-19(22)12-14-25/h2-10,19,21-22H,11-16H2,1H3. The van der Waals surface area contributed by atoms with Crippen LogP contribution in [0, 0.1) is 5.92 Å². The van der Waals surface area contributed by atoms with E-state index in [-0.39, 0.29) is 24.0 Å². The highest BCUT2D eigenvalue weighted by molar-refractivity contribution is 5.89. The first-order valence-corrected chi connectivity index (χ1v) is 10.3. The van der Waals surface area contributed by atoms with Gasteiger partial charge in [0, 0.05) is 6.54 Å². The molecule has 2 bridgehead atoms. The van der Waals surface area contributed by atoms with Crippen LogP contribution in [-0.2, 0) is 20.7 Å². The first-order chi connectivity index (χ1) is 14.1. The highest BCUT2D eigenvalue weighted by Crippen LogP contribution is 2.31. The third-order valence-corrected chi connectivity index (χ3v) is 6.17. The zero-order valence-electron chi connectivity index (χ0n) is 16.8. The van der Waals surface area contributed by atoms with Gasteiger partial charge in [-0.1, -0.05) is 42.5 Å². The number of nitrogens with zero attached hydrogens (tertiary/aromatic N) is 1. The highest BCUT2D eigenvalue weighted by Gasteiger charge is 2.37. The van der Waals surface area contributed by atoms with Crippen molar-refractivity contribution in [3.63, 3.8) is 0 Å². The van der Waals surface area contributed by atoms with Crippen LogP contribution in [0.15, 0.2) is 54.6 Å². The zero-order chi connectivity index (χ0) is 20.2. The second-order valence-electron chi connectivity index (χ2n) is 7.97. The monoisotopic (exact) mass is 393 g/mol. The van der Waals surface area contributed by atoms with Crippen LogP contribution in [0.2, 0.25) is 0 Å².